The third-order valence-electron chi connectivity index (χ3n) is 2.21. The minimum absolute atomic E-state index is 0.117. The maximum atomic E-state index is 11.4. The van der Waals surface area contributed by atoms with Crippen LogP contribution in [-0.2, 0) is 19.1 Å². The molecule has 1 aliphatic heterocycles. The minimum atomic E-state index is -0.417. The quantitative estimate of drug-likeness (QED) is 0.418. The summed E-state index contributed by atoms with van der Waals surface area (Å²) < 4.78 is 4.82. The Hall–Kier alpha value is -1.71. The molecule has 0 N–H and O–H groups in total. The lowest BCUT2D eigenvalue weighted by Gasteiger charge is -2.21. The number of ketones is 2. The van der Waals surface area contributed by atoms with E-state index in [9.17, 15) is 14.4 Å². The van der Waals surface area contributed by atoms with Crippen molar-refractivity contribution >= 4 is 17.5 Å². The van der Waals surface area contributed by atoms with E-state index < -0.39 is 5.97 Å². The van der Waals surface area contributed by atoms with E-state index in [1.165, 1.54) is 6.08 Å². The van der Waals surface area contributed by atoms with Crippen LogP contribution < -0.4 is 0 Å². The van der Waals surface area contributed by atoms with Gasteiger partial charge in [-0.15, -0.1) is 0 Å². The topological polar surface area (TPSA) is 60.4 Å². The zero-order valence-corrected chi connectivity index (χ0v) is 7.62. The van der Waals surface area contributed by atoms with E-state index in [2.05, 4.69) is 0 Å². The van der Waals surface area contributed by atoms with Crippen molar-refractivity contribution in [3.8, 4) is 0 Å². The molecule has 4 nitrogen and oxygen atoms in total. The van der Waals surface area contributed by atoms with Crippen LogP contribution in [0.5, 0.6) is 0 Å². The zero-order chi connectivity index (χ0) is 10.3. The van der Waals surface area contributed by atoms with Crippen LogP contribution in [0.1, 0.15) is 19.8 Å². The highest BCUT2D eigenvalue weighted by molar-refractivity contribution is 6.18. The normalized spacial score (nSPS) is 21.8. The lowest BCUT2D eigenvalue weighted by Crippen LogP contribution is -2.25. The number of hydrogen-bond acceptors (Lipinski definition) is 4. The van der Waals surface area contributed by atoms with E-state index in [1.54, 1.807) is 6.92 Å². The first-order valence-corrected chi connectivity index (χ1v) is 4.26. The smallest absolute Gasteiger partial charge is 0.315 e. The molecule has 0 bridgehead atoms. The molecule has 0 aromatic rings. The number of allylic oxidation sites excluding steroid dienone is 2. The first-order chi connectivity index (χ1) is 6.58. The van der Waals surface area contributed by atoms with E-state index >= 15 is 0 Å². The highest BCUT2D eigenvalue weighted by Crippen LogP contribution is 2.29. The molecule has 0 unspecified atom stereocenters. The number of carbonyl (C=O) groups is 3. The summed E-state index contributed by atoms with van der Waals surface area (Å²) in [4.78, 5) is 33.5. The number of esters is 1. The van der Waals surface area contributed by atoms with Gasteiger partial charge in [-0.25, -0.2) is 0 Å². The van der Waals surface area contributed by atoms with Gasteiger partial charge in [0.2, 0.25) is 0 Å². The number of carbonyl (C=O) groups excluding carboxylic acids is 3. The summed E-state index contributed by atoms with van der Waals surface area (Å²) in [5.74, 6) is -0.853. The van der Waals surface area contributed by atoms with Gasteiger partial charge in [0.25, 0.3) is 0 Å². The third-order valence-corrected chi connectivity index (χ3v) is 2.21. The van der Waals surface area contributed by atoms with Crippen LogP contribution in [0, 0.1) is 0 Å². The standard InChI is InChI=1S/C10H8O4/c1-5-2-9(13)14-8-4-6(11)3-7(12)10(5)8/h4H,2-3H2,1H3. The van der Waals surface area contributed by atoms with Crippen LogP contribution in [-0.4, -0.2) is 17.5 Å². The number of rotatable bonds is 0. The molecule has 0 atom stereocenters. The maximum absolute atomic E-state index is 11.4. The largest absolute Gasteiger partial charge is 0.425 e. The lowest BCUT2D eigenvalue weighted by atomic mass is 9.91. The molecule has 0 spiro atoms. The van der Waals surface area contributed by atoms with E-state index in [0.29, 0.717) is 11.1 Å². The van der Waals surface area contributed by atoms with Crippen molar-refractivity contribution in [1.29, 1.82) is 0 Å². The molecule has 1 aliphatic carbocycles. The second-order valence-corrected chi connectivity index (χ2v) is 3.38. The van der Waals surface area contributed by atoms with Crippen LogP contribution in [0.4, 0.5) is 0 Å². The Morgan fingerprint density at radius 1 is 1.21 bits per heavy atom. The van der Waals surface area contributed by atoms with E-state index in [0.717, 1.165) is 0 Å². The molecule has 2 rings (SSSR count). The molecule has 0 amide bonds. The average Bonchev–Trinajstić information content (AvgIpc) is 1.99. The maximum Gasteiger partial charge on any atom is 0.315 e. The summed E-state index contributed by atoms with van der Waals surface area (Å²) in [5, 5.41) is 0. The van der Waals surface area contributed by atoms with Crippen LogP contribution >= 0.6 is 0 Å². The van der Waals surface area contributed by atoms with Crippen molar-refractivity contribution in [2.75, 3.05) is 0 Å². The van der Waals surface area contributed by atoms with Gasteiger partial charge in [0.1, 0.15) is 5.76 Å². The van der Waals surface area contributed by atoms with Gasteiger partial charge in [0.05, 0.1) is 18.4 Å². The fraction of sp³-hybridized carbons (Fsp3) is 0.300. The van der Waals surface area contributed by atoms with Gasteiger partial charge in [-0.2, -0.15) is 0 Å². The predicted octanol–water partition coefficient (Wildman–Crippen LogP) is 0.676. The van der Waals surface area contributed by atoms with Crippen molar-refractivity contribution in [3.05, 3.63) is 23.0 Å². The van der Waals surface area contributed by atoms with Crippen LogP contribution in [0.25, 0.3) is 0 Å². The molecular formula is C10H8O4. The summed E-state index contributed by atoms with van der Waals surface area (Å²) in [6, 6.07) is 0. The van der Waals surface area contributed by atoms with Gasteiger partial charge < -0.3 is 4.74 Å². The summed E-state index contributed by atoms with van der Waals surface area (Å²) in [6.07, 6.45) is 1.23. The van der Waals surface area contributed by atoms with Crippen molar-refractivity contribution in [1.82, 2.24) is 0 Å². The summed E-state index contributed by atoms with van der Waals surface area (Å²) in [6.45, 7) is 1.71. The molecule has 2 aliphatic rings. The Morgan fingerprint density at radius 3 is 2.64 bits per heavy atom. The highest BCUT2D eigenvalue weighted by atomic mass is 16.5. The second-order valence-electron chi connectivity index (χ2n) is 3.38. The first-order valence-electron chi connectivity index (χ1n) is 4.26. The summed E-state index contributed by atoms with van der Waals surface area (Å²) in [7, 11) is 0. The first kappa shape index (κ1) is 8.87. The van der Waals surface area contributed by atoms with Gasteiger partial charge in [0.15, 0.2) is 11.6 Å². The van der Waals surface area contributed by atoms with Crippen LogP contribution in [0.2, 0.25) is 0 Å². The molecule has 1 heterocycles. The molecule has 4 heteroatoms. The Bertz CT molecular complexity index is 412. The number of Topliss-reactive ketones (excluding diaryl/α,β-unsaturated/α-hetero) is 1. The van der Waals surface area contributed by atoms with Gasteiger partial charge in [0, 0.05) is 6.08 Å². The highest BCUT2D eigenvalue weighted by Gasteiger charge is 2.31. The molecule has 14 heavy (non-hydrogen) atoms. The number of hydrogen-bond donors (Lipinski definition) is 0. The molecule has 0 saturated heterocycles. The average molecular weight is 192 g/mol. The monoisotopic (exact) mass is 192 g/mol. The molecule has 0 fully saturated rings. The Morgan fingerprint density at radius 2 is 1.93 bits per heavy atom. The van der Waals surface area contributed by atoms with E-state index in [4.69, 9.17) is 4.74 Å². The van der Waals surface area contributed by atoms with Crippen molar-refractivity contribution < 1.29 is 19.1 Å². The summed E-state index contributed by atoms with van der Waals surface area (Å²) >= 11 is 0. The van der Waals surface area contributed by atoms with Crippen molar-refractivity contribution in [3.63, 3.8) is 0 Å². The van der Waals surface area contributed by atoms with Gasteiger partial charge in [-0.3, -0.25) is 14.4 Å². The lowest BCUT2D eigenvalue weighted by molar-refractivity contribution is -0.139. The second kappa shape index (κ2) is 2.90. The molecular weight excluding hydrogens is 184 g/mol. The molecule has 72 valence electrons. The summed E-state index contributed by atoms with van der Waals surface area (Å²) in [5.41, 5.74) is 1.09. The van der Waals surface area contributed by atoms with Crippen LogP contribution in [0.15, 0.2) is 23.0 Å². The van der Waals surface area contributed by atoms with Crippen molar-refractivity contribution in [2.45, 2.75) is 19.8 Å². The Balaban J connectivity index is 2.55. The SMILES string of the molecule is CC1=C2C(=O)CC(=O)C=C2OC(=O)C1. The Labute approximate surface area is 80.2 Å². The molecule has 0 aromatic carbocycles. The Kier molecular flexibility index (Phi) is 1.84. The minimum Gasteiger partial charge on any atom is -0.425 e. The van der Waals surface area contributed by atoms with Gasteiger partial charge in [-0.1, -0.05) is 0 Å². The van der Waals surface area contributed by atoms with Gasteiger partial charge in [-0.05, 0) is 12.5 Å². The van der Waals surface area contributed by atoms with E-state index in [-0.39, 0.29) is 30.2 Å². The van der Waals surface area contributed by atoms with Crippen LogP contribution in [0.3, 0.4) is 0 Å². The molecule has 0 aromatic heterocycles. The molecule has 0 saturated carbocycles. The predicted molar refractivity (Wildman–Crippen MR) is 46.1 cm³/mol. The third kappa shape index (κ3) is 1.28. The zero-order valence-electron chi connectivity index (χ0n) is 7.62. The van der Waals surface area contributed by atoms with Gasteiger partial charge >= 0.3 is 5.97 Å². The van der Waals surface area contributed by atoms with Crippen molar-refractivity contribution in [2.24, 2.45) is 0 Å². The fourth-order valence-electron chi connectivity index (χ4n) is 1.65. The number of ether oxygens (including phenoxy) is 1. The van der Waals surface area contributed by atoms with E-state index in [1.807, 2.05) is 0 Å². The molecule has 0 radical (unpaired) electrons. The fourth-order valence-corrected chi connectivity index (χ4v) is 1.65. The number of fused-ring (bicyclic) bond motifs is 1.